The van der Waals surface area contributed by atoms with E-state index >= 15 is 0 Å². The summed E-state index contributed by atoms with van der Waals surface area (Å²) in [6, 6.07) is 8.56. The molecule has 4 aliphatic rings. The van der Waals surface area contributed by atoms with Gasteiger partial charge in [0, 0.05) is 37.3 Å². The third kappa shape index (κ3) is 5.80. The molecule has 2 atom stereocenters. The molecule has 2 aromatic heterocycles. The molecule has 1 saturated heterocycles. The Balaban J connectivity index is 1.27. The van der Waals surface area contributed by atoms with Crippen LogP contribution in [0.1, 0.15) is 93.4 Å². The van der Waals surface area contributed by atoms with Gasteiger partial charge in [0.1, 0.15) is 16.8 Å². The summed E-state index contributed by atoms with van der Waals surface area (Å²) in [7, 11) is 1.87. The van der Waals surface area contributed by atoms with Crippen LogP contribution in [0.25, 0.3) is 11.6 Å². The van der Waals surface area contributed by atoms with Crippen molar-refractivity contribution < 1.29 is 24.2 Å². The Kier molecular flexibility index (Phi) is 7.87. The van der Waals surface area contributed by atoms with Crippen molar-refractivity contribution in [1.82, 2.24) is 24.8 Å². The zero-order valence-corrected chi connectivity index (χ0v) is 28.1. The van der Waals surface area contributed by atoms with Crippen molar-refractivity contribution in [3.8, 4) is 0 Å². The number of aryl methyl sites for hydroxylation is 1. The van der Waals surface area contributed by atoms with Crippen molar-refractivity contribution in [2.75, 3.05) is 13.1 Å². The molecule has 248 valence electrons. The number of carbonyl (C=O) groups is 2. The molecule has 2 amide bonds. The Morgan fingerprint density at radius 3 is 2.49 bits per heavy atom. The van der Waals surface area contributed by atoms with Gasteiger partial charge >= 0.3 is 12.2 Å². The molecule has 47 heavy (non-hydrogen) atoms. The summed E-state index contributed by atoms with van der Waals surface area (Å²) < 4.78 is 13.6. The zero-order valence-electron chi connectivity index (χ0n) is 27.3. The molecule has 3 fully saturated rings. The number of aromatic nitrogens is 3. The number of rotatable bonds is 7. The normalized spacial score (nSPS) is 23.1. The van der Waals surface area contributed by atoms with E-state index in [4.69, 9.17) is 26.1 Å². The van der Waals surface area contributed by atoms with Gasteiger partial charge in [0.2, 0.25) is 0 Å². The number of fused-ring (bicyclic) bond motifs is 2. The number of nitrogens with zero attached hydrogens (tertiary/aromatic N) is 4. The average molecular weight is 660 g/mol. The minimum absolute atomic E-state index is 0.268. The van der Waals surface area contributed by atoms with E-state index < -0.39 is 23.3 Å². The molecule has 10 nitrogen and oxygen atoms in total. The average Bonchev–Trinajstić information content (AvgIpc) is 3.96. The smallest absolute Gasteiger partial charge is 0.410 e. The molecule has 2 unspecified atom stereocenters. The molecule has 2 saturated carbocycles. The quantitative estimate of drug-likeness (QED) is 0.293. The highest BCUT2D eigenvalue weighted by Crippen LogP contribution is 2.51. The number of carbonyl (C=O) groups excluding carboxylic acids is 2. The molecule has 0 radical (unpaired) electrons. The second kappa shape index (κ2) is 11.7. The summed E-state index contributed by atoms with van der Waals surface area (Å²) in [6.45, 7) is 7.02. The van der Waals surface area contributed by atoms with E-state index in [2.05, 4.69) is 24.1 Å². The van der Waals surface area contributed by atoms with Crippen molar-refractivity contribution in [2.45, 2.75) is 82.1 Å². The number of benzene rings is 1. The van der Waals surface area contributed by atoms with Gasteiger partial charge in [-0.15, -0.1) is 0 Å². The highest BCUT2D eigenvalue weighted by molar-refractivity contribution is 6.30. The number of pyridine rings is 1. The molecule has 3 aromatic rings. The second-order valence-corrected chi connectivity index (χ2v) is 14.6. The third-order valence-corrected chi connectivity index (χ3v) is 10.9. The van der Waals surface area contributed by atoms with Gasteiger partial charge in [-0.25, -0.2) is 14.6 Å². The van der Waals surface area contributed by atoms with Crippen molar-refractivity contribution in [3.63, 3.8) is 0 Å². The van der Waals surface area contributed by atoms with Gasteiger partial charge in [0.15, 0.2) is 0 Å². The Morgan fingerprint density at radius 2 is 1.85 bits per heavy atom. The first kappa shape index (κ1) is 31.7. The largest absolute Gasteiger partial charge is 0.443 e. The summed E-state index contributed by atoms with van der Waals surface area (Å²) >= 11 is 6.67. The summed E-state index contributed by atoms with van der Waals surface area (Å²) in [6.07, 6.45) is 10.8. The number of piperidine rings is 1. The third-order valence-electron chi connectivity index (χ3n) is 10.7. The fourth-order valence-electron chi connectivity index (χ4n) is 7.21. The van der Waals surface area contributed by atoms with Crippen LogP contribution in [0.15, 0.2) is 49.1 Å². The van der Waals surface area contributed by atoms with E-state index in [1.54, 1.807) is 29.7 Å². The van der Waals surface area contributed by atoms with E-state index in [0.29, 0.717) is 47.8 Å². The zero-order chi connectivity index (χ0) is 33.1. The van der Waals surface area contributed by atoms with Gasteiger partial charge in [-0.05, 0) is 97.9 Å². The van der Waals surface area contributed by atoms with Gasteiger partial charge in [-0.3, -0.25) is 4.98 Å². The van der Waals surface area contributed by atoms with Gasteiger partial charge < -0.3 is 29.4 Å². The van der Waals surface area contributed by atoms with Crippen LogP contribution >= 0.6 is 11.6 Å². The summed E-state index contributed by atoms with van der Waals surface area (Å²) in [5, 5.41) is 16.7. The minimum atomic E-state index is -1.51. The lowest BCUT2D eigenvalue weighted by Gasteiger charge is -2.42. The Morgan fingerprint density at radius 1 is 1.11 bits per heavy atom. The number of hydrogen-bond acceptors (Lipinski definition) is 7. The number of ether oxygens (including phenoxy) is 2. The standard InChI is InChI=1S/C36H42ClN5O5/c1-22(2)35(13-14-35)47-33(44)42-16-9-24(10-17-42)36(45)28-8-7-25(37)19-26(28)27(18-23-6-5-15-39-31(23)36)30(29-20-38-21-41(29)4)40-32(43)46-34(3)11-12-34/h5-8,15,18-22,24,30,45H,9-14,16-17H2,1-4H3,(H,40,43). The molecular formula is C36H42ClN5O5. The van der Waals surface area contributed by atoms with E-state index in [1.165, 1.54) is 0 Å². The number of imidazole rings is 1. The Hall–Kier alpha value is -3.89. The van der Waals surface area contributed by atoms with E-state index in [1.807, 2.05) is 48.9 Å². The Bertz CT molecular complexity index is 1740. The lowest BCUT2D eigenvalue weighted by Crippen LogP contribution is -2.47. The summed E-state index contributed by atoms with van der Waals surface area (Å²) in [5.74, 6) is 0.00218. The number of likely N-dealkylation sites (tertiary alicyclic amines) is 1. The Labute approximate surface area is 280 Å². The lowest BCUT2D eigenvalue weighted by molar-refractivity contribution is -0.0256. The van der Waals surface area contributed by atoms with Gasteiger partial charge in [0.05, 0.1) is 30.0 Å². The van der Waals surface area contributed by atoms with E-state index in [0.717, 1.165) is 42.5 Å². The first-order chi connectivity index (χ1) is 22.4. The SMILES string of the molecule is CC(C)C1(OC(=O)N2CCC(C3(O)c4ccc(Cl)cc4C(C(NC(=O)OC4(C)CC4)c4cncn4C)=Cc4cccnc43)CC2)CC1. The molecule has 1 aromatic carbocycles. The monoisotopic (exact) mass is 659 g/mol. The van der Waals surface area contributed by atoms with Crippen molar-refractivity contribution in [1.29, 1.82) is 0 Å². The first-order valence-electron chi connectivity index (χ1n) is 16.6. The van der Waals surface area contributed by atoms with Gasteiger partial charge in [-0.1, -0.05) is 37.6 Å². The van der Waals surface area contributed by atoms with Crippen molar-refractivity contribution in [3.05, 3.63) is 82.2 Å². The van der Waals surface area contributed by atoms with Crippen LogP contribution < -0.4 is 5.32 Å². The number of aliphatic hydroxyl groups is 1. The fraction of sp³-hybridized carbons (Fsp3) is 0.500. The molecule has 0 spiro atoms. The van der Waals surface area contributed by atoms with Crippen LogP contribution in [0.3, 0.4) is 0 Å². The predicted molar refractivity (Wildman–Crippen MR) is 177 cm³/mol. The molecule has 1 aliphatic heterocycles. The summed E-state index contributed by atoms with van der Waals surface area (Å²) in [4.78, 5) is 37.4. The van der Waals surface area contributed by atoms with E-state index in [-0.39, 0.29) is 23.5 Å². The number of nitrogens with one attached hydrogen (secondary N) is 1. The summed E-state index contributed by atoms with van der Waals surface area (Å²) in [5.41, 5.74) is 1.70. The number of amides is 2. The molecule has 3 heterocycles. The van der Waals surface area contributed by atoms with Crippen LogP contribution in [0, 0.1) is 11.8 Å². The number of hydrogen-bond donors (Lipinski definition) is 2. The predicted octanol–water partition coefficient (Wildman–Crippen LogP) is 6.62. The highest BCUT2D eigenvalue weighted by Gasteiger charge is 2.52. The molecular weight excluding hydrogens is 618 g/mol. The van der Waals surface area contributed by atoms with Crippen molar-refractivity contribution in [2.24, 2.45) is 18.9 Å². The first-order valence-corrected chi connectivity index (χ1v) is 16.9. The van der Waals surface area contributed by atoms with Gasteiger partial charge in [-0.2, -0.15) is 0 Å². The molecule has 3 aliphatic carbocycles. The topological polar surface area (TPSA) is 119 Å². The molecule has 11 heteroatoms. The highest BCUT2D eigenvalue weighted by atomic mass is 35.5. The second-order valence-electron chi connectivity index (χ2n) is 14.2. The van der Waals surface area contributed by atoms with Crippen LogP contribution in [-0.4, -0.2) is 61.0 Å². The number of halogens is 1. The fourth-order valence-corrected chi connectivity index (χ4v) is 7.38. The molecule has 2 N–H and O–H groups in total. The minimum Gasteiger partial charge on any atom is -0.443 e. The van der Waals surface area contributed by atoms with Crippen LogP contribution in [0.5, 0.6) is 0 Å². The lowest BCUT2D eigenvalue weighted by atomic mass is 9.72. The van der Waals surface area contributed by atoms with Gasteiger partial charge in [0.25, 0.3) is 0 Å². The maximum absolute atomic E-state index is 13.3. The van der Waals surface area contributed by atoms with E-state index in [9.17, 15) is 14.7 Å². The van der Waals surface area contributed by atoms with Crippen LogP contribution in [0.4, 0.5) is 9.59 Å². The maximum Gasteiger partial charge on any atom is 0.410 e. The van der Waals surface area contributed by atoms with Crippen LogP contribution in [0.2, 0.25) is 5.02 Å². The molecule has 0 bridgehead atoms. The maximum atomic E-state index is 13.3. The number of alkyl carbamates (subject to hydrolysis) is 1. The van der Waals surface area contributed by atoms with Crippen molar-refractivity contribution >= 4 is 35.4 Å². The molecule has 7 rings (SSSR count). The van der Waals surface area contributed by atoms with Crippen LogP contribution in [-0.2, 0) is 22.1 Å².